The van der Waals surface area contributed by atoms with Crippen LogP contribution in [0.3, 0.4) is 0 Å². The van der Waals surface area contributed by atoms with Crippen molar-refractivity contribution in [2.75, 3.05) is 32.7 Å². The van der Waals surface area contributed by atoms with E-state index >= 15 is 0 Å². The van der Waals surface area contributed by atoms with Crippen LogP contribution in [0.5, 0.6) is 0 Å². The van der Waals surface area contributed by atoms with Crippen molar-refractivity contribution >= 4 is 17.9 Å². The van der Waals surface area contributed by atoms with Crippen molar-refractivity contribution in [2.24, 2.45) is 5.73 Å². The van der Waals surface area contributed by atoms with E-state index in [2.05, 4.69) is 0 Å². The first-order chi connectivity index (χ1) is 8.40. The zero-order chi connectivity index (χ0) is 13.7. The fraction of sp³-hybridized carbons (Fsp3) is 0.700. The minimum Gasteiger partial charge on any atom is -0.480 e. The van der Waals surface area contributed by atoms with Crippen LogP contribution in [0.25, 0.3) is 0 Å². The van der Waals surface area contributed by atoms with E-state index in [1.807, 2.05) is 15.1 Å². The van der Waals surface area contributed by atoms with E-state index in [4.69, 9.17) is 10.8 Å². The van der Waals surface area contributed by atoms with Gasteiger partial charge < -0.3 is 10.8 Å². The number of nitrogens with one attached hydrogen (secondary N) is 1. The molecule has 0 spiro atoms. The molecular formula is C10H18N4O4. The summed E-state index contributed by atoms with van der Waals surface area (Å²) in [4.78, 5) is 36.2. The standard InChI is InChI=1S/C10H18N4O4/c1-7(9(16)17)14-4-2-13(3-5-14)6-8(15)12-10(11)18/h7H,2-6H2,1H3,(H,16,17)(H3,11,12,15,18). The van der Waals surface area contributed by atoms with Crippen LogP contribution >= 0.6 is 0 Å². The van der Waals surface area contributed by atoms with Gasteiger partial charge in [0.1, 0.15) is 6.04 Å². The predicted octanol–water partition coefficient (Wildman–Crippen LogP) is -1.73. The number of aliphatic carboxylic acids is 1. The first kappa shape index (κ1) is 14.4. The van der Waals surface area contributed by atoms with Crippen LogP contribution in [0.1, 0.15) is 6.92 Å². The number of urea groups is 1. The Balaban J connectivity index is 2.33. The Morgan fingerprint density at radius 3 is 2.28 bits per heavy atom. The molecule has 0 radical (unpaired) electrons. The Hall–Kier alpha value is -1.67. The number of hydrogen-bond donors (Lipinski definition) is 3. The van der Waals surface area contributed by atoms with Gasteiger partial charge in [-0.25, -0.2) is 4.79 Å². The number of nitrogens with two attached hydrogens (primary N) is 1. The molecule has 1 fully saturated rings. The Morgan fingerprint density at radius 2 is 1.83 bits per heavy atom. The average molecular weight is 258 g/mol. The van der Waals surface area contributed by atoms with Gasteiger partial charge in [0.2, 0.25) is 5.91 Å². The Bertz CT molecular complexity index is 339. The molecule has 1 rings (SSSR count). The predicted molar refractivity (Wildman–Crippen MR) is 62.8 cm³/mol. The molecule has 18 heavy (non-hydrogen) atoms. The van der Waals surface area contributed by atoms with Crippen molar-refractivity contribution in [1.29, 1.82) is 0 Å². The molecule has 102 valence electrons. The van der Waals surface area contributed by atoms with Gasteiger partial charge in [-0.2, -0.15) is 0 Å². The van der Waals surface area contributed by atoms with Gasteiger partial charge in [-0.15, -0.1) is 0 Å². The first-order valence-electron chi connectivity index (χ1n) is 5.68. The van der Waals surface area contributed by atoms with Gasteiger partial charge in [0.05, 0.1) is 6.54 Å². The number of carbonyl (C=O) groups is 3. The van der Waals surface area contributed by atoms with Crippen molar-refractivity contribution in [2.45, 2.75) is 13.0 Å². The highest BCUT2D eigenvalue weighted by atomic mass is 16.4. The quantitative estimate of drug-likeness (QED) is 0.552. The molecule has 0 aliphatic carbocycles. The summed E-state index contributed by atoms with van der Waals surface area (Å²) in [5.74, 6) is -1.29. The molecule has 0 aromatic carbocycles. The summed E-state index contributed by atoms with van der Waals surface area (Å²) in [6.07, 6.45) is 0. The van der Waals surface area contributed by atoms with Gasteiger partial charge in [-0.3, -0.25) is 24.7 Å². The normalized spacial score (nSPS) is 19.2. The van der Waals surface area contributed by atoms with Gasteiger partial charge in [0.25, 0.3) is 0 Å². The number of amides is 3. The van der Waals surface area contributed by atoms with Gasteiger partial charge in [0.15, 0.2) is 0 Å². The van der Waals surface area contributed by atoms with E-state index in [9.17, 15) is 14.4 Å². The molecule has 1 saturated heterocycles. The Morgan fingerprint density at radius 1 is 1.28 bits per heavy atom. The van der Waals surface area contributed by atoms with E-state index in [0.717, 1.165) is 0 Å². The van der Waals surface area contributed by atoms with Crippen LogP contribution in [0.2, 0.25) is 0 Å². The van der Waals surface area contributed by atoms with Crippen molar-refractivity contribution < 1.29 is 19.5 Å². The Kier molecular flexibility index (Phi) is 5.05. The third-order valence-corrected chi connectivity index (χ3v) is 2.94. The summed E-state index contributed by atoms with van der Waals surface area (Å²) >= 11 is 0. The fourth-order valence-corrected chi connectivity index (χ4v) is 1.84. The van der Waals surface area contributed by atoms with Crippen molar-refractivity contribution in [3.63, 3.8) is 0 Å². The van der Waals surface area contributed by atoms with Crippen molar-refractivity contribution in [3.8, 4) is 0 Å². The molecule has 1 atom stereocenters. The van der Waals surface area contributed by atoms with E-state index in [1.54, 1.807) is 6.92 Å². The Labute approximate surface area is 105 Å². The average Bonchev–Trinajstić information content (AvgIpc) is 2.27. The molecule has 1 aliphatic rings. The molecule has 1 aliphatic heterocycles. The zero-order valence-electron chi connectivity index (χ0n) is 10.3. The molecule has 4 N–H and O–H groups in total. The van der Waals surface area contributed by atoms with Crippen LogP contribution in [0, 0.1) is 0 Å². The largest absolute Gasteiger partial charge is 0.480 e. The molecule has 0 bridgehead atoms. The molecule has 0 aromatic rings. The van der Waals surface area contributed by atoms with Gasteiger partial charge in [0, 0.05) is 26.2 Å². The van der Waals surface area contributed by atoms with E-state index in [1.165, 1.54) is 0 Å². The second-order valence-electron chi connectivity index (χ2n) is 4.24. The number of imide groups is 1. The lowest BCUT2D eigenvalue weighted by Gasteiger charge is -2.36. The highest BCUT2D eigenvalue weighted by molar-refractivity contribution is 5.94. The third kappa shape index (κ3) is 4.30. The summed E-state index contributed by atoms with van der Waals surface area (Å²) < 4.78 is 0. The monoisotopic (exact) mass is 258 g/mol. The maximum absolute atomic E-state index is 11.3. The summed E-state index contributed by atoms with van der Waals surface area (Å²) in [6.45, 7) is 4.07. The summed E-state index contributed by atoms with van der Waals surface area (Å²) in [6, 6.07) is -1.38. The highest BCUT2D eigenvalue weighted by Gasteiger charge is 2.25. The van der Waals surface area contributed by atoms with Crippen LogP contribution in [0.4, 0.5) is 4.79 Å². The summed E-state index contributed by atoms with van der Waals surface area (Å²) in [5.41, 5.74) is 4.83. The van der Waals surface area contributed by atoms with E-state index < -0.39 is 23.9 Å². The molecule has 3 amide bonds. The number of rotatable bonds is 4. The zero-order valence-corrected chi connectivity index (χ0v) is 10.3. The number of carboxylic acids is 1. The highest BCUT2D eigenvalue weighted by Crippen LogP contribution is 2.06. The first-order valence-corrected chi connectivity index (χ1v) is 5.68. The number of nitrogens with zero attached hydrogens (tertiary/aromatic N) is 2. The summed E-state index contributed by atoms with van der Waals surface area (Å²) in [5, 5.41) is 10.9. The molecule has 1 heterocycles. The minimum atomic E-state index is -0.863. The van der Waals surface area contributed by atoms with E-state index in [0.29, 0.717) is 26.2 Å². The third-order valence-electron chi connectivity index (χ3n) is 2.94. The van der Waals surface area contributed by atoms with Gasteiger partial charge in [-0.05, 0) is 6.92 Å². The van der Waals surface area contributed by atoms with Gasteiger partial charge >= 0.3 is 12.0 Å². The maximum atomic E-state index is 11.3. The van der Waals surface area contributed by atoms with Crippen LogP contribution < -0.4 is 11.1 Å². The van der Waals surface area contributed by atoms with Crippen LogP contribution in [0.15, 0.2) is 0 Å². The SMILES string of the molecule is CC(C(=O)O)N1CCN(CC(=O)NC(N)=O)CC1. The fourth-order valence-electron chi connectivity index (χ4n) is 1.84. The molecule has 1 unspecified atom stereocenters. The molecule has 8 nitrogen and oxygen atoms in total. The second-order valence-corrected chi connectivity index (χ2v) is 4.24. The molecular weight excluding hydrogens is 240 g/mol. The second kappa shape index (κ2) is 6.31. The topological polar surface area (TPSA) is 116 Å². The van der Waals surface area contributed by atoms with Crippen LogP contribution in [-0.2, 0) is 9.59 Å². The number of piperazine rings is 1. The number of carbonyl (C=O) groups excluding carboxylic acids is 2. The van der Waals surface area contributed by atoms with Gasteiger partial charge in [-0.1, -0.05) is 0 Å². The lowest BCUT2D eigenvalue weighted by molar-refractivity contribution is -0.143. The van der Waals surface area contributed by atoms with Crippen molar-refractivity contribution in [3.05, 3.63) is 0 Å². The maximum Gasteiger partial charge on any atom is 0.320 e. The number of carboxylic acid groups (broad SMARTS) is 1. The number of primary amides is 1. The molecule has 0 saturated carbocycles. The lowest BCUT2D eigenvalue weighted by atomic mass is 10.2. The van der Waals surface area contributed by atoms with Crippen LogP contribution in [-0.4, -0.2) is 71.6 Å². The summed E-state index contributed by atoms with van der Waals surface area (Å²) in [7, 11) is 0. The smallest absolute Gasteiger partial charge is 0.320 e. The molecule has 0 aromatic heterocycles. The minimum absolute atomic E-state index is 0.0955. The molecule has 8 heteroatoms. The van der Waals surface area contributed by atoms with E-state index in [-0.39, 0.29) is 6.54 Å². The lowest BCUT2D eigenvalue weighted by Crippen LogP contribution is -2.53. The number of hydrogen-bond acceptors (Lipinski definition) is 5. The van der Waals surface area contributed by atoms with Crippen molar-refractivity contribution in [1.82, 2.24) is 15.1 Å².